The number of nitrogens with one attached hydrogen (secondary N) is 1. The summed E-state index contributed by atoms with van der Waals surface area (Å²) in [7, 11) is -3.68. The van der Waals surface area contributed by atoms with Gasteiger partial charge in [-0.3, -0.25) is 0 Å². The molecule has 1 aliphatic carbocycles. The Kier molecular flexibility index (Phi) is 5.18. The Balaban J connectivity index is 0.00000200. The first-order chi connectivity index (χ1) is 8.78. The second-order valence-corrected chi connectivity index (χ2v) is 7.06. The Labute approximate surface area is 125 Å². The van der Waals surface area contributed by atoms with Crippen molar-refractivity contribution in [2.45, 2.75) is 37.1 Å². The minimum atomic E-state index is -3.68. The van der Waals surface area contributed by atoms with Gasteiger partial charge in [0.05, 0.1) is 4.90 Å². The summed E-state index contributed by atoms with van der Waals surface area (Å²) in [4.78, 5) is 0.106. The molecule has 0 radical (unpaired) electrons. The van der Waals surface area contributed by atoms with Gasteiger partial charge in [0.1, 0.15) is 5.82 Å². The molecule has 1 atom stereocenters. The summed E-state index contributed by atoms with van der Waals surface area (Å²) in [6.45, 7) is 3.65. The first-order valence-electron chi connectivity index (χ1n) is 6.29. The summed E-state index contributed by atoms with van der Waals surface area (Å²) < 4.78 is 40.5. The zero-order valence-electron chi connectivity index (χ0n) is 11.5. The van der Waals surface area contributed by atoms with E-state index in [1.165, 1.54) is 12.1 Å². The Morgan fingerprint density at radius 2 is 2.05 bits per heavy atom. The predicted octanol–water partition coefficient (Wildman–Crippen LogP) is 1.96. The number of rotatable bonds is 5. The van der Waals surface area contributed by atoms with Gasteiger partial charge in [-0.1, -0.05) is 0 Å². The van der Waals surface area contributed by atoms with Crippen LogP contribution in [0.2, 0.25) is 0 Å². The van der Waals surface area contributed by atoms with Gasteiger partial charge < -0.3 is 5.73 Å². The van der Waals surface area contributed by atoms with Crippen LogP contribution in [0.5, 0.6) is 0 Å². The first kappa shape index (κ1) is 17.4. The van der Waals surface area contributed by atoms with Crippen LogP contribution < -0.4 is 10.5 Å². The standard InChI is InChI=1S/C13H19FN2O2S.ClH/c1-9-7-11(14)5-6-12(9)19(17,18)16-13(2,8-15)10-3-4-10;/h5-7,10,16H,3-4,8,15H2,1-2H3;1H. The fraction of sp³-hybridized carbons (Fsp3) is 0.538. The summed E-state index contributed by atoms with van der Waals surface area (Å²) in [5.74, 6) is -0.159. The van der Waals surface area contributed by atoms with Crippen molar-refractivity contribution in [2.75, 3.05) is 6.54 Å². The van der Waals surface area contributed by atoms with Crippen LogP contribution in [0.25, 0.3) is 0 Å². The van der Waals surface area contributed by atoms with Gasteiger partial charge in [0.15, 0.2) is 0 Å². The molecule has 0 aromatic heterocycles. The smallest absolute Gasteiger partial charge is 0.241 e. The maximum absolute atomic E-state index is 13.0. The third-order valence-electron chi connectivity index (χ3n) is 3.70. The number of aryl methyl sites for hydroxylation is 1. The molecule has 114 valence electrons. The lowest BCUT2D eigenvalue weighted by molar-refractivity contribution is 0.374. The van der Waals surface area contributed by atoms with E-state index in [4.69, 9.17) is 5.73 Å². The molecule has 0 bridgehead atoms. The molecule has 1 saturated carbocycles. The Morgan fingerprint density at radius 1 is 1.45 bits per heavy atom. The van der Waals surface area contributed by atoms with Crippen molar-refractivity contribution in [1.29, 1.82) is 0 Å². The second kappa shape index (κ2) is 5.97. The lowest BCUT2D eigenvalue weighted by Gasteiger charge is -2.29. The first-order valence-corrected chi connectivity index (χ1v) is 7.77. The van der Waals surface area contributed by atoms with Crippen molar-refractivity contribution in [3.05, 3.63) is 29.6 Å². The Hall–Kier alpha value is -0.690. The van der Waals surface area contributed by atoms with Crippen LogP contribution in [0.1, 0.15) is 25.3 Å². The van der Waals surface area contributed by atoms with E-state index < -0.39 is 21.4 Å². The highest BCUT2D eigenvalue weighted by atomic mass is 35.5. The highest BCUT2D eigenvalue weighted by molar-refractivity contribution is 7.89. The molecular weight excluding hydrogens is 303 g/mol. The largest absolute Gasteiger partial charge is 0.329 e. The minimum absolute atomic E-state index is 0. The van der Waals surface area contributed by atoms with Crippen molar-refractivity contribution in [3.8, 4) is 0 Å². The average Bonchev–Trinajstić information content (AvgIpc) is 3.11. The molecule has 1 unspecified atom stereocenters. The Morgan fingerprint density at radius 3 is 2.50 bits per heavy atom. The molecule has 1 aromatic carbocycles. The zero-order chi connectivity index (χ0) is 14.3. The quantitative estimate of drug-likeness (QED) is 0.870. The monoisotopic (exact) mass is 322 g/mol. The van der Waals surface area contributed by atoms with Crippen molar-refractivity contribution in [3.63, 3.8) is 0 Å². The van der Waals surface area contributed by atoms with E-state index in [-0.39, 0.29) is 29.8 Å². The topological polar surface area (TPSA) is 72.2 Å². The molecule has 0 saturated heterocycles. The van der Waals surface area contributed by atoms with Gasteiger partial charge in [0.2, 0.25) is 10.0 Å². The van der Waals surface area contributed by atoms with E-state index in [0.29, 0.717) is 5.56 Å². The molecule has 7 heteroatoms. The summed E-state index contributed by atoms with van der Waals surface area (Å²) >= 11 is 0. The summed E-state index contributed by atoms with van der Waals surface area (Å²) in [5, 5.41) is 0. The molecule has 1 aromatic rings. The molecule has 4 nitrogen and oxygen atoms in total. The van der Waals surface area contributed by atoms with E-state index in [1.54, 1.807) is 6.92 Å². The lowest BCUT2D eigenvalue weighted by atomic mass is 9.98. The maximum atomic E-state index is 13.0. The molecule has 0 aliphatic heterocycles. The van der Waals surface area contributed by atoms with Gasteiger partial charge in [-0.25, -0.2) is 17.5 Å². The fourth-order valence-corrected chi connectivity index (χ4v) is 3.99. The molecule has 3 N–H and O–H groups in total. The van der Waals surface area contributed by atoms with E-state index in [1.807, 2.05) is 6.92 Å². The third-order valence-corrected chi connectivity index (χ3v) is 5.47. The van der Waals surface area contributed by atoms with Crippen LogP contribution in [0.15, 0.2) is 23.1 Å². The van der Waals surface area contributed by atoms with Gasteiger partial charge in [0, 0.05) is 12.1 Å². The van der Waals surface area contributed by atoms with Crippen LogP contribution in [0.3, 0.4) is 0 Å². The molecular formula is C13H20ClFN2O2S. The van der Waals surface area contributed by atoms with Crippen molar-refractivity contribution >= 4 is 22.4 Å². The molecule has 0 heterocycles. The van der Waals surface area contributed by atoms with E-state index >= 15 is 0 Å². The average molecular weight is 323 g/mol. The minimum Gasteiger partial charge on any atom is -0.329 e. The van der Waals surface area contributed by atoms with Gasteiger partial charge in [-0.15, -0.1) is 12.4 Å². The van der Waals surface area contributed by atoms with E-state index in [9.17, 15) is 12.8 Å². The Bertz CT molecular complexity index is 590. The normalized spacial score (nSPS) is 18.2. The van der Waals surface area contributed by atoms with Crippen LogP contribution in [0, 0.1) is 18.7 Å². The van der Waals surface area contributed by atoms with Crippen molar-refractivity contribution in [1.82, 2.24) is 4.72 Å². The second-order valence-electron chi connectivity index (χ2n) is 5.41. The summed E-state index contributed by atoms with van der Waals surface area (Å²) in [6.07, 6.45) is 1.97. The van der Waals surface area contributed by atoms with Crippen molar-refractivity contribution in [2.24, 2.45) is 11.7 Å². The number of halogens is 2. The number of hydrogen-bond acceptors (Lipinski definition) is 3. The van der Waals surface area contributed by atoms with Crippen LogP contribution in [0.4, 0.5) is 4.39 Å². The summed E-state index contributed by atoms with van der Waals surface area (Å²) in [6, 6.07) is 3.65. The van der Waals surface area contributed by atoms with Crippen LogP contribution in [-0.4, -0.2) is 20.5 Å². The van der Waals surface area contributed by atoms with Gasteiger partial charge >= 0.3 is 0 Å². The zero-order valence-corrected chi connectivity index (χ0v) is 13.2. The molecule has 0 amide bonds. The number of sulfonamides is 1. The predicted molar refractivity (Wildman–Crippen MR) is 78.9 cm³/mol. The van der Waals surface area contributed by atoms with Crippen LogP contribution in [-0.2, 0) is 10.0 Å². The molecule has 1 aliphatic rings. The highest BCUT2D eigenvalue weighted by Gasteiger charge is 2.43. The molecule has 20 heavy (non-hydrogen) atoms. The van der Waals surface area contributed by atoms with Gasteiger partial charge in [0.25, 0.3) is 0 Å². The summed E-state index contributed by atoms with van der Waals surface area (Å²) in [5.41, 5.74) is 5.47. The van der Waals surface area contributed by atoms with Crippen LogP contribution >= 0.6 is 12.4 Å². The lowest BCUT2D eigenvalue weighted by Crippen LogP contribution is -2.53. The van der Waals surface area contributed by atoms with Crippen molar-refractivity contribution < 1.29 is 12.8 Å². The highest BCUT2D eigenvalue weighted by Crippen LogP contribution is 2.39. The molecule has 0 spiro atoms. The number of hydrogen-bond donors (Lipinski definition) is 2. The molecule has 1 fully saturated rings. The number of nitrogens with two attached hydrogens (primary N) is 1. The number of benzene rings is 1. The third kappa shape index (κ3) is 3.49. The molecule has 2 rings (SSSR count). The fourth-order valence-electron chi connectivity index (χ4n) is 2.29. The van der Waals surface area contributed by atoms with Gasteiger partial charge in [-0.05, 0) is 56.4 Å². The van der Waals surface area contributed by atoms with E-state index in [0.717, 1.165) is 18.9 Å². The maximum Gasteiger partial charge on any atom is 0.241 e. The van der Waals surface area contributed by atoms with E-state index in [2.05, 4.69) is 4.72 Å². The SMILES string of the molecule is Cc1cc(F)ccc1S(=O)(=O)NC(C)(CN)C1CC1.Cl. The van der Waals surface area contributed by atoms with Gasteiger partial charge in [-0.2, -0.15) is 0 Å².